The van der Waals surface area contributed by atoms with Gasteiger partial charge in [-0.15, -0.1) is 6.58 Å². The third kappa shape index (κ3) is 4.79. The minimum Gasteiger partial charge on any atom is -0.493 e. The zero-order valence-corrected chi connectivity index (χ0v) is 20.0. The molecule has 3 aromatic rings. The number of methoxy groups -OCH3 is 2. The van der Waals surface area contributed by atoms with Crippen molar-refractivity contribution in [2.45, 2.75) is 16.2 Å². The van der Waals surface area contributed by atoms with Gasteiger partial charge in [0.15, 0.2) is 11.5 Å². The quantitative estimate of drug-likeness (QED) is 0.467. The maximum Gasteiger partial charge on any atom is 0.259 e. The first kappa shape index (κ1) is 23.4. The Morgan fingerprint density at radius 3 is 2.59 bits per heavy atom. The molecule has 1 N–H and O–H groups in total. The molecule has 0 aliphatic carbocycles. The van der Waals surface area contributed by atoms with Crippen molar-refractivity contribution < 1.29 is 19.1 Å². The number of rotatable bonds is 8. The molecule has 0 saturated carbocycles. The van der Waals surface area contributed by atoms with Gasteiger partial charge in [0.2, 0.25) is 0 Å². The second kappa shape index (κ2) is 10.5. The molecule has 0 unspecified atom stereocenters. The molecule has 0 radical (unpaired) electrons. The molecule has 0 aromatic heterocycles. The van der Waals surface area contributed by atoms with Gasteiger partial charge < -0.3 is 19.7 Å². The lowest BCUT2D eigenvalue weighted by atomic mass is 10.1. The Hall–Kier alpha value is -3.71. The number of nitrogens with zero attached hydrogens (tertiary/aromatic N) is 1. The number of hydrogen-bond donors (Lipinski definition) is 1. The highest BCUT2D eigenvalue weighted by Gasteiger charge is 2.27. The van der Waals surface area contributed by atoms with Gasteiger partial charge in [0.05, 0.1) is 25.5 Å². The molecule has 0 bridgehead atoms. The molecule has 6 nitrogen and oxygen atoms in total. The molecule has 34 heavy (non-hydrogen) atoms. The number of carbonyl (C=O) groups excluding carboxylic acids is 2. The number of benzene rings is 3. The lowest BCUT2D eigenvalue weighted by Crippen LogP contribution is -2.31. The van der Waals surface area contributed by atoms with Gasteiger partial charge in [-0.1, -0.05) is 36.0 Å². The van der Waals surface area contributed by atoms with Crippen LogP contribution in [0.4, 0.5) is 5.69 Å². The Balaban J connectivity index is 1.51. The van der Waals surface area contributed by atoms with Crippen LogP contribution in [0.25, 0.3) is 0 Å². The van der Waals surface area contributed by atoms with Crippen molar-refractivity contribution in [3.8, 4) is 11.5 Å². The summed E-state index contributed by atoms with van der Waals surface area (Å²) in [7, 11) is 3.19. The highest BCUT2D eigenvalue weighted by molar-refractivity contribution is 7.99. The lowest BCUT2D eigenvalue weighted by Gasteiger charge is -2.22. The molecule has 1 aliphatic heterocycles. The van der Waals surface area contributed by atoms with E-state index < -0.39 is 0 Å². The number of anilines is 1. The molecule has 174 valence electrons. The predicted octanol–water partition coefficient (Wildman–Crippen LogP) is 4.97. The summed E-state index contributed by atoms with van der Waals surface area (Å²) in [5.41, 5.74) is 2.88. The standard InChI is InChI=1S/C27H26N2O4S/c1-4-15-29-21-17-19(10-12-25(21)34-24-8-6-5-7-20(24)27(29)31)26(30)28-14-13-18-9-11-22(32-2)23(16-18)33-3/h4-12,16-17H,1,13-15H2,2-3H3,(H,28,30). The summed E-state index contributed by atoms with van der Waals surface area (Å²) in [6.07, 6.45) is 2.33. The average Bonchev–Trinajstić information content (AvgIpc) is 2.98. The van der Waals surface area contributed by atoms with Crippen LogP contribution in [0.3, 0.4) is 0 Å². The minimum atomic E-state index is -0.193. The Morgan fingerprint density at radius 2 is 1.82 bits per heavy atom. The van der Waals surface area contributed by atoms with E-state index in [1.54, 1.807) is 37.3 Å². The van der Waals surface area contributed by atoms with Crippen molar-refractivity contribution in [3.63, 3.8) is 0 Å². The number of amides is 2. The second-order valence-electron chi connectivity index (χ2n) is 7.68. The third-order valence-electron chi connectivity index (χ3n) is 5.55. The minimum absolute atomic E-state index is 0.104. The van der Waals surface area contributed by atoms with Crippen molar-refractivity contribution >= 4 is 29.3 Å². The summed E-state index contributed by atoms with van der Waals surface area (Å²) in [5.74, 6) is 1.02. The van der Waals surface area contributed by atoms with Crippen LogP contribution in [0, 0.1) is 0 Å². The summed E-state index contributed by atoms with van der Waals surface area (Å²) < 4.78 is 10.6. The van der Waals surface area contributed by atoms with Crippen molar-refractivity contribution in [1.82, 2.24) is 5.32 Å². The van der Waals surface area contributed by atoms with Crippen LogP contribution in [-0.4, -0.2) is 39.1 Å². The fraction of sp³-hybridized carbons (Fsp3) is 0.185. The van der Waals surface area contributed by atoms with Crippen LogP contribution < -0.4 is 19.7 Å². The van der Waals surface area contributed by atoms with E-state index >= 15 is 0 Å². The van der Waals surface area contributed by atoms with Crippen LogP contribution in [0.2, 0.25) is 0 Å². The number of fused-ring (bicyclic) bond motifs is 2. The summed E-state index contributed by atoms with van der Waals surface area (Å²) in [5, 5.41) is 2.97. The predicted molar refractivity (Wildman–Crippen MR) is 134 cm³/mol. The SMILES string of the molecule is C=CCN1C(=O)c2ccccc2Sc2ccc(C(=O)NCCc3ccc(OC)c(OC)c3)cc21. The molecule has 0 spiro atoms. The number of ether oxygens (including phenoxy) is 2. The molecule has 0 fully saturated rings. The Kier molecular flexibility index (Phi) is 7.23. The largest absolute Gasteiger partial charge is 0.493 e. The van der Waals surface area contributed by atoms with Crippen LogP contribution in [-0.2, 0) is 6.42 Å². The van der Waals surface area contributed by atoms with Crippen LogP contribution in [0.15, 0.2) is 83.1 Å². The highest BCUT2D eigenvalue weighted by atomic mass is 32.2. The molecule has 3 aromatic carbocycles. The molecule has 1 aliphatic rings. The number of nitrogens with one attached hydrogen (secondary N) is 1. The van der Waals surface area contributed by atoms with E-state index in [4.69, 9.17) is 9.47 Å². The molecule has 4 rings (SSSR count). The summed E-state index contributed by atoms with van der Waals surface area (Å²) >= 11 is 1.53. The summed E-state index contributed by atoms with van der Waals surface area (Å²) in [6.45, 7) is 4.61. The van der Waals surface area contributed by atoms with Crippen LogP contribution >= 0.6 is 11.8 Å². The van der Waals surface area contributed by atoms with Crippen molar-refractivity contribution in [2.75, 3.05) is 32.2 Å². The Morgan fingerprint density at radius 1 is 1.03 bits per heavy atom. The first-order valence-corrected chi connectivity index (χ1v) is 11.7. The van der Waals surface area contributed by atoms with Gasteiger partial charge in [-0.2, -0.15) is 0 Å². The van der Waals surface area contributed by atoms with Gasteiger partial charge in [0, 0.05) is 28.4 Å². The topological polar surface area (TPSA) is 67.9 Å². The number of carbonyl (C=O) groups is 2. The fourth-order valence-electron chi connectivity index (χ4n) is 3.83. The van der Waals surface area contributed by atoms with E-state index in [-0.39, 0.29) is 11.8 Å². The van der Waals surface area contributed by atoms with Gasteiger partial charge in [0.1, 0.15) is 0 Å². The molecule has 2 amide bonds. The van der Waals surface area contributed by atoms with E-state index in [0.29, 0.717) is 47.8 Å². The number of hydrogen-bond acceptors (Lipinski definition) is 5. The van der Waals surface area contributed by atoms with Crippen molar-refractivity contribution in [3.05, 3.63) is 90.0 Å². The highest BCUT2D eigenvalue weighted by Crippen LogP contribution is 2.41. The van der Waals surface area contributed by atoms with E-state index in [1.165, 1.54) is 11.8 Å². The van der Waals surface area contributed by atoms with Gasteiger partial charge >= 0.3 is 0 Å². The lowest BCUT2D eigenvalue weighted by molar-refractivity contribution is 0.0950. The van der Waals surface area contributed by atoms with Gasteiger partial charge in [-0.3, -0.25) is 9.59 Å². The van der Waals surface area contributed by atoms with E-state index in [1.807, 2.05) is 48.5 Å². The zero-order chi connectivity index (χ0) is 24.1. The smallest absolute Gasteiger partial charge is 0.259 e. The van der Waals surface area contributed by atoms with Crippen LogP contribution in [0.1, 0.15) is 26.3 Å². The molecular weight excluding hydrogens is 448 g/mol. The van der Waals surface area contributed by atoms with E-state index in [2.05, 4.69) is 11.9 Å². The first-order valence-electron chi connectivity index (χ1n) is 10.9. The van der Waals surface area contributed by atoms with Gasteiger partial charge in [-0.25, -0.2) is 0 Å². The van der Waals surface area contributed by atoms with Crippen LogP contribution in [0.5, 0.6) is 11.5 Å². The molecule has 0 saturated heterocycles. The van der Waals surface area contributed by atoms with E-state index in [0.717, 1.165) is 15.4 Å². The first-order chi connectivity index (χ1) is 16.5. The molecule has 7 heteroatoms. The molecule has 0 atom stereocenters. The Bertz CT molecular complexity index is 1240. The second-order valence-corrected chi connectivity index (χ2v) is 8.76. The fourth-order valence-corrected chi connectivity index (χ4v) is 4.89. The normalized spacial score (nSPS) is 12.3. The van der Waals surface area contributed by atoms with E-state index in [9.17, 15) is 9.59 Å². The molecular formula is C27H26N2O4S. The summed E-state index contributed by atoms with van der Waals surface area (Å²) in [4.78, 5) is 29.6. The maximum absolute atomic E-state index is 13.2. The summed E-state index contributed by atoms with van der Waals surface area (Å²) in [6, 6.07) is 18.7. The monoisotopic (exact) mass is 474 g/mol. The van der Waals surface area contributed by atoms with Crippen molar-refractivity contribution in [2.24, 2.45) is 0 Å². The zero-order valence-electron chi connectivity index (χ0n) is 19.2. The Labute approximate surface area is 203 Å². The van der Waals surface area contributed by atoms with Crippen molar-refractivity contribution in [1.29, 1.82) is 0 Å². The van der Waals surface area contributed by atoms with Gasteiger partial charge in [-0.05, 0) is 54.4 Å². The maximum atomic E-state index is 13.2. The third-order valence-corrected chi connectivity index (χ3v) is 6.69. The average molecular weight is 475 g/mol. The molecule has 1 heterocycles. The van der Waals surface area contributed by atoms with Gasteiger partial charge in [0.25, 0.3) is 11.8 Å².